The molecule has 0 aromatic heterocycles. The summed E-state index contributed by atoms with van der Waals surface area (Å²) < 4.78 is 29.1. The van der Waals surface area contributed by atoms with E-state index < -0.39 is 15.4 Å². The highest BCUT2D eigenvalue weighted by Gasteiger charge is 2.35. The zero-order valence-corrected chi connectivity index (χ0v) is 15.5. The normalized spacial score (nSPS) is 31.7. The van der Waals surface area contributed by atoms with E-state index in [4.69, 9.17) is 4.74 Å². The number of hydrogen-bond donors (Lipinski definition) is 1. The summed E-state index contributed by atoms with van der Waals surface area (Å²) in [6.45, 7) is 8.29. The van der Waals surface area contributed by atoms with Crippen LogP contribution in [0.5, 0.6) is 0 Å². The van der Waals surface area contributed by atoms with E-state index in [9.17, 15) is 13.2 Å². The standard InChI is InChI=1S/C16H30N2O4S/c1-12-14(17-13-7-6-10-23(20,21)11-13)8-5-9-18(12)15(19)22-16(2,3)4/h12-14,17H,5-11H2,1-4H3. The first-order valence-corrected chi connectivity index (χ1v) is 10.4. The van der Waals surface area contributed by atoms with Crippen LogP contribution in [0.3, 0.4) is 0 Å². The fraction of sp³-hybridized carbons (Fsp3) is 0.938. The Labute approximate surface area is 139 Å². The van der Waals surface area contributed by atoms with Crippen molar-refractivity contribution in [2.75, 3.05) is 18.1 Å². The number of likely N-dealkylation sites (tertiary alicyclic amines) is 1. The third-order valence-corrected chi connectivity index (χ3v) is 6.35. The van der Waals surface area contributed by atoms with Crippen LogP contribution in [-0.2, 0) is 14.6 Å². The lowest BCUT2D eigenvalue weighted by molar-refractivity contribution is 0.00636. The molecule has 0 spiro atoms. The highest BCUT2D eigenvalue weighted by Crippen LogP contribution is 2.22. The van der Waals surface area contributed by atoms with E-state index in [1.807, 2.05) is 27.7 Å². The van der Waals surface area contributed by atoms with E-state index in [1.54, 1.807) is 4.90 Å². The SMILES string of the molecule is CC1C(NC2CCCS(=O)(=O)C2)CCCN1C(=O)OC(C)(C)C. The maximum Gasteiger partial charge on any atom is 0.410 e. The number of rotatable bonds is 2. The van der Waals surface area contributed by atoms with E-state index in [2.05, 4.69) is 5.32 Å². The van der Waals surface area contributed by atoms with Crippen molar-refractivity contribution >= 4 is 15.9 Å². The van der Waals surface area contributed by atoms with Crippen LogP contribution in [0.1, 0.15) is 53.4 Å². The summed E-state index contributed by atoms with van der Waals surface area (Å²) in [5.74, 6) is 0.512. The minimum Gasteiger partial charge on any atom is -0.444 e. The zero-order valence-electron chi connectivity index (χ0n) is 14.7. The van der Waals surface area contributed by atoms with E-state index in [0.29, 0.717) is 12.3 Å². The van der Waals surface area contributed by atoms with Gasteiger partial charge in [-0.1, -0.05) is 0 Å². The number of hydrogen-bond acceptors (Lipinski definition) is 5. The van der Waals surface area contributed by atoms with Gasteiger partial charge in [0.1, 0.15) is 5.60 Å². The van der Waals surface area contributed by atoms with Crippen molar-refractivity contribution in [3.63, 3.8) is 0 Å². The number of carbonyl (C=O) groups is 1. The summed E-state index contributed by atoms with van der Waals surface area (Å²) in [5.41, 5.74) is -0.505. The van der Waals surface area contributed by atoms with Crippen LogP contribution >= 0.6 is 0 Å². The highest BCUT2D eigenvalue weighted by molar-refractivity contribution is 7.91. The molecule has 0 aromatic rings. The van der Waals surface area contributed by atoms with Gasteiger partial charge in [-0.15, -0.1) is 0 Å². The topological polar surface area (TPSA) is 75.7 Å². The number of amides is 1. The average Bonchev–Trinajstić information content (AvgIpc) is 2.38. The first kappa shape index (κ1) is 18.5. The maximum absolute atomic E-state index is 12.3. The quantitative estimate of drug-likeness (QED) is 0.827. The van der Waals surface area contributed by atoms with Gasteiger partial charge in [0.05, 0.1) is 11.5 Å². The fourth-order valence-electron chi connectivity index (χ4n) is 3.40. The van der Waals surface area contributed by atoms with Gasteiger partial charge in [0.15, 0.2) is 9.84 Å². The first-order chi connectivity index (χ1) is 10.6. The number of ether oxygens (including phenoxy) is 1. The Kier molecular flexibility index (Phi) is 5.61. The first-order valence-electron chi connectivity index (χ1n) is 8.53. The van der Waals surface area contributed by atoms with E-state index >= 15 is 0 Å². The largest absolute Gasteiger partial charge is 0.444 e. The molecule has 2 heterocycles. The van der Waals surface area contributed by atoms with E-state index in [1.165, 1.54) is 0 Å². The third-order valence-electron chi connectivity index (χ3n) is 4.53. The number of nitrogens with zero attached hydrogens (tertiary/aromatic N) is 1. The van der Waals surface area contributed by atoms with E-state index in [0.717, 1.165) is 25.7 Å². The lowest BCUT2D eigenvalue weighted by Crippen LogP contribution is -2.58. The van der Waals surface area contributed by atoms with Crippen LogP contribution < -0.4 is 5.32 Å². The van der Waals surface area contributed by atoms with Crippen molar-refractivity contribution in [2.45, 2.75) is 77.1 Å². The Hall–Kier alpha value is -0.820. The Morgan fingerprint density at radius 2 is 1.91 bits per heavy atom. The Morgan fingerprint density at radius 1 is 1.22 bits per heavy atom. The van der Waals surface area contributed by atoms with Crippen molar-refractivity contribution < 1.29 is 17.9 Å². The van der Waals surface area contributed by atoms with Crippen LogP contribution in [0.15, 0.2) is 0 Å². The van der Waals surface area contributed by atoms with Crippen molar-refractivity contribution in [3.05, 3.63) is 0 Å². The Balaban J connectivity index is 1.96. The Bertz CT molecular complexity index is 527. The molecule has 7 heteroatoms. The van der Waals surface area contributed by atoms with Gasteiger partial charge in [-0.05, 0) is 53.4 Å². The molecule has 0 saturated carbocycles. The maximum atomic E-state index is 12.3. The predicted molar refractivity (Wildman–Crippen MR) is 90.2 cm³/mol. The number of piperidine rings is 1. The summed E-state index contributed by atoms with van der Waals surface area (Å²) in [7, 11) is -2.92. The Morgan fingerprint density at radius 3 is 2.52 bits per heavy atom. The molecular weight excluding hydrogens is 316 g/mol. The summed E-state index contributed by atoms with van der Waals surface area (Å²) in [6.07, 6.45) is 3.18. The lowest BCUT2D eigenvalue weighted by atomic mass is 9.96. The van der Waals surface area contributed by atoms with Crippen molar-refractivity contribution in [1.82, 2.24) is 10.2 Å². The van der Waals surface area contributed by atoms with Gasteiger partial charge in [0.2, 0.25) is 0 Å². The zero-order chi connectivity index (χ0) is 17.3. The van der Waals surface area contributed by atoms with Gasteiger partial charge in [0, 0.05) is 24.7 Å². The van der Waals surface area contributed by atoms with Crippen LogP contribution in [-0.4, -0.2) is 61.2 Å². The van der Waals surface area contributed by atoms with Crippen LogP contribution in [0, 0.1) is 0 Å². The molecule has 2 rings (SSSR count). The predicted octanol–water partition coefficient (Wildman–Crippen LogP) is 1.94. The van der Waals surface area contributed by atoms with Gasteiger partial charge in [-0.2, -0.15) is 0 Å². The molecule has 2 aliphatic heterocycles. The lowest BCUT2D eigenvalue weighted by Gasteiger charge is -2.42. The fourth-order valence-corrected chi connectivity index (χ4v) is 5.05. The van der Waals surface area contributed by atoms with Gasteiger partial charge >= 0.3 is 6.09 Å². The molecule has 0 aliphatic carbocycles. The summed E-state index contributed by atoms with van der Waals surface area (Å²) in [6, 6.07) is 0.123. The molecule has 3 unspecified atom stereocenters. The molecule has 2 saturated heterocycles. The molecule has 0 radical (unpaired) electrons. The summed E-state index contributed by atoms with van der Waals surface area (Å²) >= 11 is 0. The van der Waals surface area contributed by atoms with E-state index in [-0.39, 0.29) is 30.0 Å². The van der Waals surface area contributed by atoms with Gasteiger partial charge < -0.3 is 15.0 Å². The molecule has 1 N–H and O–H groups in total. The molecular formula is C16H30N2O4S. The second-order valence-corrected chi connectivity index (χ2v) is 10.0. The van der Waals surface area contributed by atoms with Crippen molar-refractivity contribution in [2.24, 2.45) is 0 Å². The smallest absolute Gasteiger partial charge is 0.410 e. The molecule has 2 fully saturated rings. The van der Waals surface area contributed by atoms with Gasteiger partial charge in [-0.3, -0.25) is 0 Å². The number of carbonyl (C=O) groups excluding carboxylic acids is 1. The number of nitrogens with one attached hydrogen (secondary N) is 1. The molecule has 134 valence electrons. The minimum atomic E-state index is -2.92. The van der Waals surface area contributed by atoms with Crippen LogP contribution in [0.25, 0.3) is 0 Å². The second-order valence-electron chi connectivity index (χ2n) is 7.78. The summed E-state index contributed by atoms with van der Waals surface area (Å²) in [5, 5.41) is 3.48. The second kappa shape index (κ2) is 6.97. The third kappa shape index (κ3) is 5.35. The molecule has 23 heavy (non-hydrogen) atoms. The van der Waals surface area contributed by atoms with Crippen LogP contribution in [0.4, 0.5) is 4.79 Å². The molecule has 0 bridgehead atoms. The number of sulfone groups is 1. The molecule has 6 nitrogen and oxygen atoms in total. The van der Waals surface area contributed by atoms with Gasteiger partial charge in [-0.25, -0.2) is 13.2 Å². The van der Waals surface area contributed by atoms with Crippen LogP contribution in [0.2, 0.25) is 0 Å². The molecule has 1 amide bonds. The van der Waals surface area contributed by atoms with Gasteiger partial charge in [0.25, 0.3) is 0 Å². The summed E-state index contributed by atoms with van der Waals surface area (Å²) in [4.78, 5) is 14.1. The average molecular weight is 346 g/mol. The monoisotopic (exact) mass is 346 g/mol. The minimum absolute atomic E-state index is 0.000198. The van der Waals surface area contributed by atoms with Crippen molar-refractivity contribution in [3.8, 4) is 0 Å². The molecule has 2 aliphatic rings. The molecule has 0 aromatic carbocycles. The highest BCUT2D eigenvalue weighted by atomic mass is 32.2. The van der Waals surface area contributed by atoms with Crippen molar-refractivity contribution in [1.29, 1.82) is 0 Å². The molecule has 3 atom stereocenters.